The van der Waals surface area contributed by atoms with E-state index in [4.69, 9.17) is 0 Å². The van der Waals surface area contributed by atoms with Crippen LogP contribution in [0.15, 0.2) is 36.4 Å². The van der Waals surface area contributed by atoms with Crippen LogP contribution in [0.3, 0.4) is 0 Å². The first-order chi connectivity index (χ1) is 24.3. The SMILES string of the molecule is CCCCCCCCCCCCCCCCCCC1CC(=O)N(NC(=O)C(=O)NCCc2cc(C)cc(-n3nc4ccccc4n3)c2O)C1=O. The zero-order valence-electron chi connectivity index (χ0n) is 30.1. The van der Waals surface area contributed by atoms with E-state index in [0.717, 1.165) is 24.8 Å². The zero-order chi connectivity index (χ0) is 35.7. The van der Waals surface area contributed by atoms with E-state index in [1.165, 1.54) is 88.3 Å². The number of carbonyl (C=O) groups is 4. The number of phenolic OH excluding ortho intramolecular Hbond substituents is 1. The molecule has 11 heteroatoms. The topological polar surface area (TPSA) is 147 Å². The Morgan fingerprint density at radius 3 is 1.90 bits per heavy atom. The number of phenols is 1. The summed E-state index contributed by atoms with van der Waals surface area (Å²) in [6, 6.07) is 10.9. The molecular formula is C39H56N6O5. The molecule has 0 aliphatic carbocycles. The molecule has 4 amide bonds. The van der Waals surface area contributed by atoms with E-state index in [2.05, 4.69) is 27.9 Å². The van der Waals surface area contributed by atoms with Crippen molar-refractivity contribution in [2.45, 2.75) is 136 Å². The molecule has 1 saturated heterocycles. The van der Waals surface area contributed by atoms with Crippen LogP contribution in [0.4, 0.5) is 0 Å². The van der Waals surface area contributed by atoms with E-state index in [9.17, 15) is 24.3 Å². The second-order valence-electron chi connectivity index (χ2n) is 13.8. The van der Waals surface area contributed by atoms with Crippen molar-refractivity contribution in [1.82, 2.24) is 30.7 Å². The number of aromatic hydroxyl groups is 1. The van der Waals surface area contributed by atoms with Crippen molar-refractivity contribution in [3.05, 3.63) is 47.5 Å². The Bertz CT molecular complexity index is 1540. The molecule has 3 N–H and O–H groups in total. The largest absolute Gasteiger partial charge is 0.505 e. The van der Waals surface area contributed by atoms with E-state index >= 15 is 0 Å². The van der Waals surface area contributed by atoms with Crippen molar-refractivity contribution < 1.29 is 24.3 Å². The van der Waals surface area contributed by atoms with Gasteiger partial charge in [0, 0.05) is 18.9 Å². The number of benzene rings is 2. The smallest absolute Gasteiger partial charge is 0.328 e. The molecular weight excluding hydrogens is 632 g/mol. The molecule has 1 aliphatic heterocycles. The first-order valence-corrected chi connectivity index (χ1v) is 18.9. The average Bonchev–Trinajstić information content (AvgIpc) is 3.65. The van der Waals surface area contributed by atoms with E-state index in [-0.39, 0.29) is 25.1 Å². The molecule has 1 fully saturated rings. The van der Waals surface area contributed by atoms with Crippen LogP contribution in [-0.4, -0.2) is 55.3 Å². The fraction of sp³-hybridized carbons (Fsp3) is 0.590. The second-order valence-corrected chi connectivity index (χ2v) is 13.8. The van der Waals surface area contributed by atoms with E-state index in [1.807, 2.05) is 31.2 Å². The maximum absolute atomic E-state index is 12.9. The molecule has 3 aromatic rings. The van der Waals surface area contributed by atoms with Gasteiger partial charge >= 0.3 is 11.8 Å². The number of imide groups is 1. The van der Waals surface area contributed by atoms with Crippen LogP contribution >= 0.6 is 0 Å². The predicted octanol–water partition coefficient (Wildman–Crippen LogP) is 7.15. The minimum atomic E-state index is -1.09. The number of hydrogen-bond acceptors (Lipinski definition) is 7. The van der Waals surface area contributed by atoms with Gasteiger partial charge in [0.2, 0.25) is 5.91 Å². The highest BCUT2D eigenvalue weighted by Gasteiger charge is 2.40. The van der Waals surface area contributed by atoms with Gasteiger partial charge in [-0.2, -0.15) is 5.01 Å². The Kier molecular flexibility index (Phi) is 15.7. The van der Waals surface area contributed by atoms with Crippen LogP contribution in [-0.2, 0) is 25.6 Å². The van der Waals surface area contributed by atoms with Gasteiger partial charge in [0.1, 0.15) is 22.5 Å². The highest BCUT2D eigenvalue weighted by molar-refractivity contribution is 6.35. The molecule has 0 radical (unpaired) electrons. The van der Waals surface area contributed by atoms with Gasteiger partial charge < -0.3 is 10.4 Å². The standard InChI is InChI=1S/C39H56N6O5/c1-3-4-5-6-7-8-9-10-11-12-13-14-15-16-17-18-21-31-28-35(46)44(39(31)50)43-38(49)37(48)40-25-24-30-26-29(2)27-34(36(30)47)45-41-32-22-19-20-23-33(32)42-45/h19-20,22-23,26-27,31,47H,3-18,21,24-25,28H2,1-2H3,(H,40,48)(H,43,49). The third kappa shape index (κ3) is 11.7. The quantitative estimate of drug-likeness (QED) is 0.0577. The van der Waals surface area contributed by atoms with Gasteiger partial charge in [-0.3, -0.25) is 19.2 Å². The number of rotatable bonds is 22. The van der Waals surface area contributed by atoms with E-state index in [1.54, 1.807) is 12.1 Å². The minimum absolute atomic E-state index is 0.0294. The van der Waals surface area contributed by atoms with Gasteiger partial charge in [-0.05, 0) is 49.1 Å². The molecule has 0 saturated carbocycles. The Labute approximate surface area is 296 Å². The van der Waals surface area contributed by atoms with Crippen LogP contribution in [0.25, 0.3) is 16.7 Å². The minimum Gasteiger partial charge on any atom is -0.505 e. The van der Waals surface area contributed by atoms with E-state index < -0.39 is 29.5 Å². The number of nitrogens with one attached hydrogen (secondary N) is 2. The lowest BCUT2D eigenvalue weighted by Gasteiger charge is -2.16. The maximum atomic E-state index is 12.9. The van der Waals surface area contributed by atoms with Crippen molar-refractivity contribution in [3.63, 3.8) is 0 Å². The third-order valence-electron chi connectivity index (χ3n) is 9.56. The summed E-state index contributed by atoms with van der Waals surface area (Å²) in [6.45, 7) is 4.18. The molecule has 4 rings (SSSR count). The molecule has 0 bridgehead atoms. The molecule has 0 spiro atoms. The normalized spacial score (nSPS) is 14.5. The molecule has 1 aromatic heterocycles. The van der Waals surface area contributed by atoms with Gasteiger partial charge in [0.15, 0.2) is 0 Å². The van der Waals surface area contributed by atoms with Crippen molar-refractivity contribution in [2.24, 2.45) is 5.92 Å². The van der Waals surface area contributed by atoms with Crippen LogP contribution in [0.1, 0.15) is 134 Å². The first-order valence-electron chi connectivity index (χ1n) is 18.9. The van der Waals surface area contributed by atoms with Crippen molar-refractivity contribution in [3.8, 4) is 11.4 Å². The molecule has 2 heterocycles. The zero-order valence-corrected chi connectivity index (χ0v) is 30.1. The number of aromatic nitrogens is 3. The lowest BCUT2D eigenvalue weighted by Crippen LogP contribution is -2.51. The number of hydrogen-bond donors (Lipinski definition) is 3. The molecule has 1 aliphatic rings. The van der Waals surface area contributed by atoms with Crippen LogP contribution in [0.2, 0.25) is 0 Å². The maximum Gasteiger partial charge on any atom is 0.328 e. The second kappa shape index (κ2) is 20.4. The molecule has 50 heavy (non-hydrogen) atoms. The fourth-order valence-electron chi connectivity index (χ4n) is 6.66. The van der Waals surface area contributed by atoms with Crippen molar-refractivity contribution >= 4 is 34.7 Å². The highest BCUT2D eigenvalue weighted by atomic mass is 16.3. The summed E-state index contributed by atoms with van der Waals surface area (Å²) < 4.78 is 0. The lowest BCUT2D eigenvalue weighted by molar-refractivity contribution is -0.151. The van der Waals surface area contributed by atoms with E-state index in [0.29, 0.717) is 33.7 Å². The summed E-state index contributed by atoms with van der Waals surface area (Å²) in [5, 5.41) is 23.0. The van der Waals surface area contributed by atoms with Crippen LogP contribution in [0.5, 0.6) is 5.75 Å². The Balaban J connectivity index is 1.08. The van der Waals surface area contributed by atoms with Crippen LogP contribution in [0, 0.1) is 12.8 Å². The third-order valence-corrected chi connectivity index (χ3v) is 9.56. The molecule has 1 unspecified atom stereocenters. The Morgan fingerprint density at radius 2 is 1.34 bits per heavy atom. The van der Waals surface area contributed by atoms with Gasteiger partial charge in [-0.15, -0.1) is 15.0 Å². The average molecular weight is 689 g/mol. The summed E-state index contributed by atoms with van der Waals surface area (Å²) in [7, 11) is 0. The van der Waals surface area contributed by atoms with Gasteiger partial charge in [0.05, 0.1) is 0 Å². The van der Waals surface area contributed by atoms with Crippen molar-refractivity contribution in [2.75, 3.05) is 6.54 Å². The summed E-state index contributed by atoms with van der Waals surface area (Å²) >= 11 is 0. The number of aryl methyl sites for hydroxylation is 1. The molecule has 2 aromatic carbocycles. The van der Waals surface area contributed by atoms with Crippen molar-refractivity contribution in [1.29, 1.82) is 0 Å². The predicted molar refractivity (Wildman–Crippen MR) is 194 cm³/mol. The summed E-state index contributed by atoms with van der Waals surface area (Å²) in [5.41, 5.74) is 5.38. The first kappa shape index (κ1) is 38.5. The summed E-state index contributed by atoms with van der Waals surface area (Å²) in [6.07, 6.45) is 21.2. The summed E-state index contributed by atoms with van der Waals surface area (Å²) in [4.78, 5) is 51.8. The number of fused-ring (bicyclic) bond motifs is 1. The lowest BCUT2D eigenvalue weighted by atomic mass is 9.98. The van der Waals surface area contributed by atoms with Gasteiger partial charge in [0.25, 0.3) is 5.91 Å². The molecule has 1 atom stereocenters. The van der Waals surface area contributed by atoms with Gasteiger partial charge in [-0.1, -0.05) is 128 Å². The number of nitrogens with zero attached hydrogens (tertiary/aromatic N) is 4. The monoisotopic (exact) mass is 688 g/mol. The Hall–Kier alpha value is -4.28. The highest BCUT2D eigenvalue weighted by Crippen LogP contribution is 2.28. The number of unbranched alkanes of at least 4 members (excludes halogenated alkanes) is 15. The summed E-state index contributed by atoms with van der Waals surface area (Å²) in [5.74, 6) is -3.53. The number of hydrazine groups is 1. The number of carbonyl (C=O) groups excluding carboxylic acids is 4. The Morgan fingerprint density at radius 1 is 0.800 bits per heavy atom. The van der Waals surface area contributed by atoms with Crippen LogP contribution < -0.4 is 10.7 Å². The number of amides is 4. The molecule has 272 valence electrons. The molecule has 11 nitrogen and oxygen atoms in total. The fourth-order valence-corrected chi connectivity index (χ4v) is 6.66. The van der Waals surface area contributed by atoms with Gasteiger partial charge in [-0.25, -0.2) is 5.43 Å².